The molecule has 0 fully saturated rings. The molecule has 18 heavy (non-hydrogen) atoms. The number of thiophene rings is 1. The van der Waals surface area contributed by atoms with Gasteiger partial charge in [0.25, 0.3) is 0 Å². The fraction of sp³-hybridized carbons (Fsp3) is 0.286. The van der Waals surface area contributed by atoms with Crippen molar-refractivity contribution in [1.82, 2.24) is 0 Å². The largest absolute Gasteiger partial charge is 0.486 e. The van der Waals surface area contributed by atoms with Crippen molar-refractivity contribution >= 4 is 16.3 Å². The average Bonchev–Trinajstić information content (AvgIpc) is 2.79. The lowest BCUT2D eigenvalue weighted by Crippen LogP contribution is -2.15. The Balaban J connectivity index is 2.03. The summed E-state index contributed by atoms with van der Waals surface area (Å²) >= 11 is 1.65. The molecule has 2 heterocycles. The number of aryl methyl sites for hydroxylation is 1. The zero-order valence-electron chi connectivity index (χ0n) is 10.2. The summed E-state index contributed by atoms with van der Waals surface area (Å²) in [6, 6.07) is 8.15. The monoisotopic (exact) mass is 261 g/mol. The number of hydrogen-bond acceptors (Lipinski definition) is 4. The second kappa shape index (κ2) is 4.53. The third-order valence-electron chi connectivity index (χ3n) is 3.01. The van der Waals surface area contributed by atoms with Crippen LogP contribution in [-0.4, -0.2) is 13.2 Å². The second-order valence-corrected chi connectivity index (χ2v) is 5.37. The van der Waals surface area contributed by atoms with Gasteiger partial charge in [-0.2, -0.15) is 0 Å². The Labute approximate surface area is 110 Å². The van der Waals surface area contributed by atoms with Crippen molar-refractivity contribution in [3.05, 3.63) is 29.1 Å². The third kappa shape index (κ3) is 1.93. The molecule has 0 amide bonds. The maximum atomic E-state index is 6.07. The van der Waals surface area contributed by atoms with E-state index in [-0.39, 0.29) is 0 Å². The molecule has 3 nitrogen and oxygen atoms in total. The molecule has 3 rings (SSSR count). The quantitative estimate of drug-likeness (QED) is 0.901. The Kier molecular flexibility index (Phi) is 2.88. The SMILES string of the molecule is CCc1cc(-c2ccc3c(c2)OCCO3)c(N)s1. The van der Waals surface area contributed by atoms with Crippen molar-refractivity contribution in [3.63, 3.8) is 0 Å². The summed E-state index contributed by atoms with van der Waals surface area (Å²) in [5, 5.41) is 0.864. The van der Waals surface area contributed by atoms with Crippen LogP contribution in [0.1, 0.15) is 11.8 Å². The molecule has 1 aliphatic rings. The first-order valence-electron chi connectivity index (χ1n) is 6.06. The van der Waals surface area contributed by atoms with Gasteiger partial charge in [0.15, 0.2) is 11.5 Å². The summed E-state index contributed by atoms with van der Waals surface area (Å²) in [5.41, 5.74) is 8.25. The van der Waals surface area contributed by atoms with E-state index in [2.05, 4.69) is 13.0 Å². The van der Waals surface area contributed by atoms with Gasteiger partial charge in [0.2, 0.25) is 0 Å². The molecule has 0 bridgehead atoms. The van der Waals surface area contributed by atoms with Crippen LogP contribution >= 0.6 is 11.3 Å². The van der Waals surface area contributed by atoms with Crippen molar-refractivity contribution in [2.24, 2.45) is 0 Å². The van der Waals surface area contributed by atoms with Crippen LogP contribution in [0.3, 0.4) is 0 Å². The molecule has 0 aliphatic carbocycles. The Bertz CT molecular complexity index is 577. The zero-order chi connectivity index (χ0) is 12.5. The number of ether oxygens (including phenoxy) is 2. The van der Waals surface area contributed by atoms with E-state index in [4.69, 9.17) is 15.2 Å². The molecular weight excluding hydrogens is 246 g/mol. The van der Waals surface area contributed by atoms with E-state index in [1.54, 1.807) is 11.3 Å². The second-order valence-electron chi connectivity index (χ2n) is 4.20. The van der Waals surface area contributed by atoms with Crippen LogP contribution in [0.4, 0.5) is 5.00 Å². The maximum absolute atomic E-state index is 6.07. The van der Waals surface area contributed by atoms with Crippen molar-refractivity contribution in [2.45, 2.75) is 13.3 Å². The van der Waals surface area contributed by atoms with Crippen LogP contribution in [0, 0.1) is 0 Å². The van der Waals surface area contributed by atoms with E-state index >= 15 is 0 Å². The van der Waals surface area contributed by atoms with Crippen molar-refractivity contribution in [3.8, 4) is 22.6 Å². The molecular formula is C14H15NO2S. The Morgan fingerprint density at radius 3 is 2.67 bits per heavy atom. The van der Waals surface area contributed by atoms with Gasteiger partial charge in [-0.3, -0.25) is 0 Å². The van der Waals surface area contributed by atoms with E-state index < -0.39 is 0 Å². The Hall–Kier alpha value is -1.68. The highest BCUT2D eigenvalue weighted by Gasteiger charge is 2.14. The standard InChI is InChI=1S/C14H15NO2S/c1-2-10-8-11(14(15)18-10)9-3-4-12-13(7-9)17-6-5-16-12/h3-4,7-8H,2,5-6,15H2,1H3. The van der Waals surface area contributed by atoms with Crippen LogP contribution < -0.4 is 15.2 Å². The molecule has 0 spiro atoms. The highest BCUT2D eigenvalue weighted by atomic mass is 32.1. The molecule has 1 aromatic carbocycles. The Morgan fingerprint density at radius 1 is 1.17 bits per heavy atom. The van der Waals surface area contributed by atoms with Crippen LogP contribution in [0.5, 0.6) is 11.5 Å². The summed E-state index contributed by atoms with van der Waals surface area (Å²) in [6.07, 6.45) is 1.01. The minimum atomic E-state index is 0.607. The molecule has 0 radical (unpaired) electrons. The van der Waals surface area contributed by atoms with Crippen LogP contribution in [0.15, 0.2) is 24.3 Å². The van der Waals surface area contributed by atoms with E-state index in [9.17, 15) is 0 Å². The minimum absolute atomic E-state index is 0.607. The molecule has 0 saturated carbocycles. The zero-order valence-corrected chi connectivity index (χ0v) is 11.0. The molecule has 94 valence electrons. The van der Waals surface area contributed by atoms with Gasteiger partial charge in [-0.15, -0.1) is 11.3 Å². The number of benzene rings is 1. The van der Waals surface area contributed by atoms with Crippen molar-refractivity contribution < 1.29 is 9.47 Å². The lowest BCUT2D eigenvalue weighted by Gasteiger charge is -2.18. The van der Waals surface area contributed by atoms with E-state index in [1.165, 1.54) is 4.88 Å². The first kappa shape index (κ1) is 11.4. The van der Waals surface area contributed by atoms with E-state index in [0.717, 1.165) is 34.0 Å². The number of rotatable bonds is 2. The Morgan fingerprint density at radius 2 is 1.94 bits per heavy atom. The molecule has 0 atom stereocenters. The normalized spacial score (nSPS) is 13.6. The highest BCUT2D eigenvalue weighted by Crippen LogP contribution is 2.39. The number of hydrogen-bond donors (Lipinski definition) is 1. The summed E-state index contributed by atoms with van der Waals surface area (Å²) in [7, 11) is 0. The lowest BCUT2D eigenvalue weighted by molar-refractivity contribution is 0.171. The van der Waals surface area contributed by atoms with Gasteiger partial charge in [-0.05, 0) is 30.2 Å². The van der Waals surface area contributed by atoms with Crippen LogP contribution in [0.2, 0.25) is 0 Å². The summed E-state index contributed by atoms with van der Waals surface area (Å²) in [4.78, 5) is 1.30. The van der Waals surface area contributed by atoms with Gasteiger partial charge in [-0.25, -0.2) is 0 Å². The van der Waals surface area contributed by atoms with Gasteiger partial charge in [0.1, 0.15) is 13.2 Å². The average molecular weight is 261 g/mol. The lowest BCUT2D eigenvalue weighted by atomic mass is 10.1. The molecule has 0 unspecified atom stereocenters. The number of nitrogen functional groups attached to an aromatic ring is 1. The van der Waals surface area contributed by atoms with Gasteiger partial charge in [0, 0.05) is 10.4 Å². The molecule has 1 aliphatic heterocycles. The van der Waals surface area contributed by atoms with Crippen LogP contribution in [-0.2, 0) is 6.42 Å². The fourth-order valence-corrected chi connectivity index (χ4v) is 2.96. The minimum Gasteiger partial charge on any atom is -0.486 e. The predicted octanol–water partition coefficient (Wildman–Crippen LogP) is 3.33. The van der Waals surface area contributed by atoms with Crippen LogP contribution in [0.25, 0.3) is 11.1 Å². The molecule has 0 saturated heterocycles. The molecule has 2 N–H and O–H groups in total. The highest BCUT2D eigenvalue weighted by molar-refractivity contribution is 7.16. The third-order valence-corrected chi connectivity index (χ3v) is 4.12. The number of fused-ring (bicyclic) bond motifs is 1. The smallest absolute Gasteiger partial charge is 0.161 e. The summed E-state index contributed by atoms with van der Waals surface area (Å²) in [5.74, 6) is 1.62. The topological polar surface area (TPSA) is 44.5 Å². The van der Waals surface area contributed by atoms with Crippen molar-refractivity contribution in [1.29, 1.82) is 0 Å². The van der Waals surface area contributed by atoms with Gasteiger partial charge in [0.05, 0.1) is 5.00 Å². The maximum Gasteiger partial charge on any atom is 0.161 e. The van der Waals surface area contributed by atoms with Gasteiger partial charge < -0.3 is 15.2 Å². The van der Waals surface area contributed by atoms with Gasteiger partial charge in [-0.1, -0.05) is 13.0 Å². The predicted molar refractivity (Wildman–Crippen MR) is 74.5 cm³/mol. The van der Waals surface area contributed by atoms with Crippen molar-refractivity contribution in [2.75, 3.05) is 18.9 Å². The van der Waals surface area contributed by atoms with E-state index in [0.29, 0.717) is 13.2 Å². The first-order valence-corrected chi connectivity index (χ1v) is 6.88. The number of anilines is 1. The summed E-state index contributed by atoms with van der Waals surface area (Å²) < 4.78 is 11.1. The molecule has 4 heteroatoms. The number of nitrogens with two attached hydrogens (primary N) is 1. The first-order chi connectivity index (χ1) is 8.78. The van der Waals surface area contributed by atoms with E-state index in [1.807, 2.05) is 18.2 Å². The van der Waals surface area contributed by atoms with Gasteiger partial charge >= 0.3 is 0 Å². The summed E-state index contributed by atoms with van der Waals surface area (Å²) in [6.45, 7) is 3.36. The molecule has 2 aromatic rings. The molecule has 1 aromatic heterocycles. The fourth-order valence-electron chi connectivity index (χ4n) is 2.07.